The molecule has 6 heteroatoms. The van der Waals surface area contributed by atoms with Gasteiger partial charge >= 0.3 is 5.97 Å². The van der Waals surface area contributed by atoms with Gasteiger partial charge in [-0.1, -0.05) is 0 Å². The van der Waals surface area contributed by atoms with Gasteiger partial charge in [0, 0.05) is 12.7 Å². The van der Waals surface area contributed by atoms with Gasteiger partial charge in [-0.2, -0.15) is 0 Å². The van der Waals surface area contributed by atoms with Gasteiger partial charge in [-0.25, -0.2) is 4.79 Å². The Balaban J connectivity index is 2.03. The Morgan fingerprint density at radius 2 is 2.32 bits per heavy atom. The van der Waals surface area contributed by atoms with Gasteiger partial charge in [-0.15, -0.1) is 0 Å². The number of hydrogen-bond acceptors (Lipinski definition) is 5. The van der Waals surface area contributed by atoms with Gasteiger partial charge in [0.25, 0.3) is 0 Å². The number of hydrogen-bond donors (Lipinski definition) is 1. The standard InChI is InChI=1S/C13H17N3O3/c1-19-13(18)9-4-5-10(15-7-9)8-16-6-2-3-11(16)12(14)17/h4-5,7,11H,2-3,6,8H2,1H3,(H2,14,17). The molecule has 0 spiro atoms. The normalized spacial score (nSPS) is 19.3. The molecule has 0 bridgehead atoms. The van der Waals surface area contributed by atoms with Crippen LogP contribution in [0.2, 0.25) is 0 Å². The molecule has 102 valence electrons. The zero-order chi connectivity index (χ0) is 13.8. The summed E-state index contributed by atoms with van der Waals surface area (Å²) in [5, 5.41) is 0. The number of carbonyl (C=O) groups is 2. The van der Waals surface area contributed by atoms with Crippen molar-refractivity contribution in [3.63, 3.8) is 0 Å². The van der Waals surface area contributed by atoms with Crippen LogP contribution in [0.1, 0.15) is 28.9 Å². The summed E-state index contributed by atoms with van der Waals surface area (Å²) < 4.78 is 4.61. The van der Waals surface area contributed by atoms with Crippen LogP contribution in [0.4, 0.5) is 0 Å². The van der Waals surface area contributed by atoms with Crippen molar-refractivity contribution in [2.45, 2.75) is 25.4 Å². The van der Waals surface area contributed by atoms with Gasteiger partial charge in [0.1, 0.15) is 0 Å². The van der Waals surface area contributed by atoms with E-state index in [2.05, 4.69) is 9.72 Å². The molecule has 6 nitrogen and oxygen atoms in total. The largest absolute Gasteiger partial charge is 0.465 e. The number of nitrogens with two attached hydrogens (primary N) is 1. The van der Waals surface area contributed by atoms with Crippen molar-refractivity contribution in [3.8, 4) is 0 Å². The quantitative estimate of drug-likeness (QED) is 0.791. The lowest BCUT2D eigenvalue weighted by molar-refractivity contribution is -0.122. The molecular formula is C13H17N3O3. The number of aromatic nitrogens is 1. The minimum atomic E-state index is -0.407. The fourth-order valence-electron chi connectivity index (χ4n) is 2.30. The lowest BCUT2D eigenvalue weighted by atomic mass is 10.2. The number of primary amides is 1. The Morgan fingerprint density at radius 1 is 1.53 bits per heavy atom. The van der Waals surface area contributed by atoms with Crippen LogP contribution < -0.4 is 5.73 Å². The number of likely N-dealkylation sites (tertiary alicyclic amines) is 1. The maximum Gasteiger partial charge on any atom is 0.339 e. The molecule has 0 aliphatic carbocycles. The highest BCUT2D eigenvalue weighted by Crippen LogP contribution is 2.19. The van der Waals surface area contributed by atoms with E-state index < -0.39 is 5.97 Å². The van der Waals surface area contributed by atoms with Crippen molar-refractivity contribution >= 4 is 11.9 Å². The molecule has 1 unspecified atom stereocenters. The Labute approximate surface area is 111 Å². The number of ether oxygens (including phenoxy) is 1. The van der Waals surface area contributed by atoms with E-state index in [1.807, 2.05) is 4.90 Å². The van der Waals surface area contributed by atoms with Crippen molar-refractivity contribution < 1.29 is 14.3 Å². The van der Waals surface area contributed by atoms with Crippen LogP contribution in [0.15, 0.2) is 18.3 Å². The Morgan fingerprint density at radius 3 is 2.89 bits per heavy atom. The summed E-state index contributed by atoms with van der Waals surface area (Å²) >= 11 is 0. The van der Waals surface area contributed by atoms with Crippen LogP contribution >= 0.6 is 0 Å². The van der Waals surface area contributed by atoms with Crippen LogP contribution in [0.3, 0.4) is 0 Å². The molecule has 1 saturated heterocycles. The molecule has 0 aromatic carbocycles. The van der Waals surface area contributed by atoms with E-state index >= 15 is 0 Å². The van der Waals surface area contributed by atoms with Gasteiger partial charge in [-0.3, -0.25) is 14.7 Å². The van der Waals surface area contributed by atoms with E-state index in [1.54, 1.807) is 12.1 Å². The van der Waals surface area contributed by atoms with Gasteiger partial charge < -0.3 is 10.5 Å². The first-order valence-corrected chi connectivity index (χ1v) is 6.18. The first-order valence-electron chi connectivity index (χ1n) is 6.18. The fraction of sp³-hybridized carbons (Fsp3) is 0.462. The number of nitrogens with zero attached hydrogens (tertiary/aromatic N) is 2. The lowest BCUT2D eigenvalue weighted by Gasteiger charge is -2.21. The monoisotopic (exact) mass is 263 g/mol. The van der Waals surface area contributed by atoms with Crippen LogP contribution in [0.5, 0.6) is 0 Å². The predicted octanol–water partition coefficient (Wildman–Crippen LogP) is 0.318. The number of esters is 1. The highest BCUT2D eigenvalue weighted by atomic mass is 16.5. The minimum absolute atomic E-state index is 0.206. The highest BCUT2D eigenvalue weighted by Gasteiger charge is 2.28. The zero-order valence-corrected chi connectivity index (χ0v) is 10.8. The summed E-state index contributed by atoms with van der Waals surface area (Å²) in [5.41, 5.74) is 6.58. The first kappa shape index (κ1) is 13.5. The Kier molecular flexibility index (Phi) is 4.11. The average Bonchev–Trinajstić information content (AvgIpc) is 2.87. The molecule has 2 heterocycles. The maximum absolute atomic E-state index is 11.3. The van der Waals surface area contributed by atoms with Crippen molar-refractivity contribution in [1.82, 2.24) is 9.88 Å². The van der Waals surface area contributed by atoms with Crippen molar-refractivity contribution in [3.05, 3.63) is 29.6 Å². The molecule has 1 amide bonds. The topological polar surface area (TPSA) is 85.5 Å². The van der Waals surface area contributed by atoms with E-state index in [1.165, 1.54) is 13.3 Å². The average molecular weight is 263 g/mol. The second-order valence-corrected chi connectivity index (χ2v) is 4.56. The van der Waals surface area contributed by atoms with Crippen molar-refractivity contribution in [2.75, 3.05) is 13.7 Å². The summed E-state index contributed by atoms with van der Waals surface area (Å²) in [6, 6.07) is 3.23. The number of carbonyl (C=O) groups excluding carboxylic acids is 2. The van der Waals surface area contributed by atoms with E-state index in [0.717, 1.165) is 25.1 Å². The molecule has 1 aromatic rings. The summed E-state index contributed by atoms with van der Waals surface area (Å²) in [4.78, 5) is 28.8. The van der Waals surface area contributed by atoms with E-state index in [-0.39, 0.29) is 11.9 Å². The summed E-state index contributed by atoms with van der Waals surface area (Å²) in [6.07, 6.45) is 3.25. The summed E-state index contributed by atoms with van der Waals surface area (Å²) in [6.45, 7) is 1.41. The third-order valence-electron chi connectivity index (χ3n) is 3.30. The molecule has 1 aliphatic heterocycles. The molecule has 1 fully saturated rings. The number of amides is 1. The van der Waals surface area contributed by atoms with Crippen molar-refractivity contribution in [2.24, 2.45) is 5.73 Å². The summed E-state index contributed by atoms with van der Waals surface area (Å²) in [5.74, 6) is -0.695. The van der Waals surface area contributed by atoms with Crippen molar-refractivity contribution in [1.29, 1.82) is 0 Å². The molecule has 1 aliphatic rings. The molecule has 0 radical (unpaired) electrons. The second-order valence-electron chi connectivity index (χ2n) is 4.56. The SMILES string of the molecule is COC(=O)c1ccc(CN2CCCC2C(N)=O)nc1. The molecule has 2 rings (SSSR count). The van der Waals surface area contributed by atoms with Gasteiger partial charge in [0.2, 0.25) is 5.91 Å². The second kappa shape index (κ2) is 5.79. The lowest BCUT2D eigenvalue weighted by Crippen LogP contribution is -2.39. The first-order chi connectivity index (χ1) is 9.11. The van der Waals surface area contributed by atoms with Gasteiger partial charge in [-0.05, 0) is 31.5 Å². The van der Waals surface area contributed by atoms with Crippen LogP contribution in [-0.2, 0) is 16.1 Å². The van der Waals surface area contributed by atoms with Gasteiger partial charge in [0.05, 0.1) is 24.4 Å². The van der Waals surface area contributed by atoms with Crippen LogP contribution in [-0.4, -0.2) is 41.5 Å². The molecule has 2 N–H and O–H groups in total. The minimum Gasteiger partial charge on any atom is -0.465 e. The number of rotatable bonds is 4. The third-order valence-corrected chi connectivity index (χ3v) is 3.30. The zero-order valence-electron chi connectivity index (χ0n) is 10.8. The smallest absolute Gasteiger partial charge is 0.339 e. The summed E-state index contributed by atoms with van der Waals surface area (Å²) in [7, 11) is 1.33. The molecule has 1 atom stereocenters. The molecule has 1 aromatic heterocycles. The Hall–Kier alpha value is -1.95. The molecule has 19 heavy (non-hydrogen) atoms. The maximum atomic E-state index is 11.3. The van der Waals surface area contributed by atoms with Crippen LogP contribution in [0.25, 0.3) is 0 Å². The third kappa shape index (κ3) is 3.08. The number of pyridine rings is 1. The predicted molar refractivity (Wildman–Crippen MR) is 68.2 cm³/mol. The van der Waals surface area contributed by atoms with Crippen LogP contribution in [0, 0.1) is 0 Å². The Bertz CT molecular complexity index is 473. The number of methoxy groups -OCH3 is 1. The highest BCUT2D eigenvalue weighted by molar-refractivity contribution is 5.88. The van der Waals surface area contributed by atoms with E-state index in [9.17, 15) is 9.59 Å². The van der Waals surface area contributed by atoms with E-state index in [4.69, 9.17) is 5.73 Å². The van der Waals surface area contributed by atoms with E-state index in [0.29, 0.717) is 12.1 Å². The fourth-order valence-corrected chi connectivity index (χ4v) is 2.30. The molecule has 0 saturated carbocycles. The molecular weight excluding hydrogens is 246 g/mol. The van der Waals surface area contributed by atoms with Gasteiger partial charge in [0.15, 0.2) is 0 Å².